The molecule has 0 unspecified atom stereocenters. The van der Waals surface area contributed by atoms with Crippen LogP contribution in [0.2, 0.25) is 35.2 Å². The van der Waals surface area contributed by atoms with E-state index in [1.807, 2.05) is 40.8 Å². The second-order valence-corrected chi connectivity index (χ2v) is 29.9. The fraction of sp³-hybridized carbons (Fsp3) is 0.205. The Morgan fingerprint density at radius 1 is 0.395 bits per heavy atom. The SMILES string of the molecule is COc1ccc(-n2cnc(C(F)F)n2)c(C(=O)O)c1Cl.COc1ccc(-n2cnc(C(F)F)n2)c(CCl)c1Cl.COc1ccc(-n2cnc(C(F)F)n2)c(CN)c1Cl.COc1ccc(-n2cnc(C(F)F)n2)c(CN2C(=O)c3ccccc3C2=O)c1Cl.COc1ccc(-n2cnc(C(F)F)n2)c(CO)c1Cl.COc1ccc(I)c(C(=O)O)c1Cl.COc1ccc(I)cc1Cl. The number of fused-ring (bicyclic) bond motifs is 1. The van der Waals surface area contributed by atoms with Crippen molar-refractivity contribution in [2.24, 2.45) is 5.73 Å². The number of ether oxygens (including phenoxy) is 7. The van der Waals surface area contributed by atoms with Crippen molar-refractivity contribution in [1.82, 2.24) is 78.7 Å². The number of hydrogen-bond acceptors (Lipinski definition) is 23. The number of nitrogens with zero attached hydrogens (tertiary/aromatic N) is 16. The predicted molar refractivity (Wildman–Crippen MR) is 469 cm³/mol. The number of carboxylic acid groups (broad SMARTS) is 2. The molecule has 5 N–H and O–H groups in total. The average molecular weight is 2190 g/mol. The second kappa shape index (κ2) is 48.2. The Balaban J connectivity index is 0.000000190. The summed E-state index contributed by atoms with van der Waals surface area (Å²) in [5, 5.41) is 47.3. The Morgan fingerprint density at radius 3 is 1.00 bits per heavy atom. The van der Waals surface area contributed by atoms with Crippen molar-refractivity contribution >= 4 is 162 Å². The van der Waals surface area contributed by atoms with Crippen molar-refractivity contribution in [3.05, 3.63) is 263 Å². The zero-order valence-corrected chi connectivity index (χ0v) is 77.1. The summed E-state index contributed by atoms with van der Waals surface area (Å²) < 4.78 is 168. The Morgan fingerprint density at radius 2 is 0.682 bits per heavy atom. The molecule has 1 aliphatic rings. The van der Waals surface area contributed by atoms with Crippen molar-refractivity contribution in [3.63, 3.8) is 0 Å². The molecule has 13 aromatic rings. The first-order valence-electron chi connectivity index (χ1n) is 35.5. The van der Waals surface area contributed by atoms with E-state index in [-0.39, 0.29) is 68.2 Å². The van der Waals surface area contributed by atoms with E-state index in [1.165, 1.54) is 82.9 Å². The van der Waals surface area contributed by atoms with E-state index >= 15 is 0 Å². The Kier molecular flexibility index (Phi) is 38.6. The van der Waals surface area contributed by atoms with E-state index < -0.39 is 85.0 Å². The molecule has 1 aliphatic heterocycles. The van der Waals surface area contributed by atoms with E-state index in [1.54, 1.807) is 86.0 Å². The van der Waals surface area contributed by atoms with Gasteiger partial charge in [0.05, 0.1) is 149 Å². The third-order valence-electron chi connectivity index (χ3n) is 17.2. The lowest BCUT2D eigenvalue weighted by Gasteiger charge is -2.19. The minimum Gasteiger partial charge on any atom is -0.495 e. The average Bonchev–Trinajstić information content (AvgIpc) is 1.68. The van der Waals surface area contributed by atoms with E-state index in [0.29, 0.717) is 104 Å². The number of amides is 2. The molecule has 5 aromatic heterocycles. The number of aromatic carboxylic acids is 2. The van der Waals surface area contributed by atoms with Crippen molar-refractivity contribution in [1.29, 1.82) is 0 Å². The predicted octanol–water partition coefficient (Wildman–Crippen LogP) is 20.1. The van der Waals surface area contributed by atoms with Gasteiger partial charge in [-0.25, -0.2) is 102 Å². The zero-order chi connectivity index (χ0) is 95.1. The first kappa shape index (κ1) is 104. The first-order chi connectivity index (χ1) is 61.4. The monoisotopic (exact) mass is 2190 g/mol. The van der Waals surface area contributed by atoms with Crippen molar-refractivity contribution in [3.8, 4) is 68.7 Å². The van der Waals surface area contributed by atoms with Gasteiger partial charge in [-0.2, -0.15) is 0 Å². The largest absolute Gasteiger partial charge is 0.495 e. The number of methoxy groups -OCH3 is 7. The molecular weight excluding hydrogens is 2130 g/mol. The molecule has 684 valence electrons. The number of imide groups is 1. The fourth-order valence-electron chi connectivity index (χ4n) is 11.1. The van der Waals surface area contributed by atoms with Crippen LogP contribution in [0.1, 0.15) is 125 Å². The summed E-state index contributed by atoms with van der Waals surface area (Å²) in [5.74, 6) is -3.42. The Hall–Kier alpha value is -10.9. The molecule has 14 rings (SSSR count). The normalized spacial score (nSPS) is 11.3. The van der Waals surface area contributed by atoms with Crippen LogP contribution in [0.5, 0.6) is 40.2 Å². The number of carbonyl (C=O) groups excluding carboxylic acids is 2. The minimum absolute atomic E-state index is 0.0164. The quantitative estimate of drug-likeness (QED) is 0.0189. The van der Waals surface area contributed by atoms with Crippen LogP contribution in [0.4, 0.5) is 43.9 Å². The van der Waals surface area contributed by atoms with Gasteiger partial charge in [0, 0.05) is 35.9 Å². The van der Waals surface area contributed by atoms with Crippen LogP contribution in [0.25, 0.3) is 28.4 Å². The molecule has 0 aliphatic carbocycles. The van der Waals surface area contributed by atoms with Crippen LogP contribution in [0, 0.1) is 7.14 Å². The van der Waals surface area contributed by atoms with Crippen LogP contribution < -0.4 is 38.9 Å². The first-order valence-corrected chi connectivity index (χ1v) is 40.8. The summed E-state index contributed by atoms with van der Waals surface area (Å²) in [4.78, 5) is 66.0. The van der Waals surface area contributed by atoms with Crippen LogP contribution >= 0.6 is 138 Å². The maximum atomic E-state index is 12.9. The van der Waals surface area contributed by atoms with E-state index in [0.717, 1.165) is 47.2 Å². The minimum atomic E-state index is -2.85. The summed E-state index contributed by atoms with van der Waals surface area (Å²) >= 11 is 52.2. The molecule has 51 heteroatoms. The lowest BCUT2D eigenvalue weighted by atomic mass is 10.1. The molecule has 31 nitrogen and oxygen atoms in total. The molecule has 129 heavy (non-hydrogen) atoms. The zero-order valence-electron chi connectivity index (χ0n) is 66.7. The van der Waals surface area contributed by atoms with E-state index in [9.17, 15) is 73.3 Å². The molecule has 0 saturated heterocycles. The van der Waals surface area contributed by atoms with Gasteiger partial charge < -0.3 is 54.2 Å². The van der Waals surface area contributed by atoms with Crippen molar-refractivity contribution in [2.45, 2.75) is 57.7 Å². The van der Waals surface area contributed by atoms with Gasteiger partial charge >= 0.3 is 11.9 Å². The molecule has 0 radical (unpaired) electrons. The molecule has 0 bridgehead atoms. The van der Waals surface area contributed by atoms with Gasteiger partial charge in [-0.3, -0.25) is 14.5 Å². The highest BCUT2D eigenvalue weighted by Gasteiger charge is 2.37. The lowest BCUT2D eigenvalue weighted by molar-refractivity contribution is 0.0637. The van der Waals surface area contributed by atoms with Crippen LogP contribution in [0.15, 0.2) is 147 Å². The molecule has 6 heterocycles. The molecule has 0 atom stereocenters. The lowest BCUT2D eigenvalue weighted by Crippen LogP contribution is -2.29. The van der Waals surface area contributed by atoms with Gasteiger partial charge in [-0.1, -0.05) is 93.3 Å². The number of benzene rings is 8. The van der Waals surface area contributed by atoms with E-state index in [2.05, 4.69) is 73.0 Å². The van der Waals surface area contributed by atoms with Crippen molar-refractivity contribution < 1.29 is 112 Å². The molecule has 8 aromatic carbocycles. The number of carbonyl (C=O) groups is 4. The topological polar surface area (TPSA) is 376 Å². The highest BCUT2D eigenvalue weighted by Crippen LogP contribution is 2.41. The number of carboxylic acids is 2. The number of aromatic nitrogens is 15. The molecule has 2 amide bonds. The van der Waals surface area contributed by atoms with Gasteiger partial charge in [0.15, 0.2) is 0 Å². The number of halogens is 20. The van der Waals surface area contributed by atoms with E-state index in [4.69, 9.17) is 137 Å². The van der Waals surface area contributed by atoms with Crippen LogP contribution in [-0.4, -0.2) is 168 Å². The highest BCUT2D eigenvalue weighted by molar-refractivity contribution is 14.1. The number of nitrogens with two attached hydrogens (primary N) is 1. The van der Waals surface area contributed by atoms with Crippen LogP contribution in [0.3, 0.4) is 0 Å². The fourth-order valence-corrected chi connectivity index (χ4v) is 15.1. The third-order valence-corrected chi connectivity index (χ3v) is 21.7. The molecule has 0 saturated carbocycles. The van der Waals surface area contributed by atoms with Gasteiger partial charge in [-0.05, 0) is 148 Å². The number of aliphatic hydroxyl groups is 1. The van der Waals surface area contributed by atoms with Crippen LogP contribution in [-0.2, 0) is 25.6 Å². The summed E-state index contributed by atoms with van der Waals surface area (Å²) in [6, 6.07) is 30.8. The van der Waals surface area contributed by atoms with Gasteiger partial charge in [0.25, 0.3) is 43.9 Å². The molecule has 0 spiro atoms. The number of aliphatic hydroxyl groups excluding tert-OH is 1. The molecular formula is C78H63Cl8F10I2N17O14. The number of rotatable bonds is 24. The van der Waals surface area contributed by atoms with Crippen molar-refractivity contribution in [2.75, 3.05) is 49.8 Å². The highest BCUT2D eigenvalue weighted by atomic mass is 127. The van der Waals surface area contributed by atoms with Gasteiger partial charge in [0.1, 0.15) is 77.4 Å². The summed E-state index contributed by atoms with van der Waals surface area (Å²) in [6.45, 7) is -0.452. The number of hydrogen-bond donors (Lipinski definition) is 4. The maximum absolute atomic E-state index is 12.9. The Labute approximate surface area is 790 Å². The summed E-state index contributed by atoms with van der Waals surface area (Å²) in [7, 11) is 10.2. The summed E-state index contributed by atoms with van der Waals surface area (Å²) in [5.41, 5.74) is 9.37. The third kappa shape index (κ3) is 25.2. The summed E-state index contributed by atoms with van der Waals surface area (Å²) in [6.07, 6.45) is -8.27. The second-order valence-electron chi connectivity index (χ2n) is 24.6. The maximum Gasteiger partial charge on any atom is 0.339 e. The Bertz CT molecular complexity index is 5850. The number of alkyl halides is 11. The smallest absolute Gasteiger partial charge is 0.339 e. The molecule has 0 fully saturated rings. The van der Waals surface area contributed by atoms with Gasteiger partial charge in [0.2, 0.25) is 29.1 Å². The standard InChI is InChI=1S/C19H13ClF2N4O3.C11H9Cl2F2N3O.C11H11ClF2N4O.C11H8ClF2N3O3.C11H10ClF2N3O2.C8H6ClIO3.C7H6ClIO/c1-29-14-7-6-13(26-9-23-17(24-26)16(21)22)12(15(14)20)8-25-18(27)10-4-2-3-5-11(10)19(25)28;1-19-8-3-2-7(6(4-12)9(8)13)18-5-16-11(17-18)10(14)15;1-19-8-3-2-7(6(4-15)9(8)12)18-5-16-11(17-18)10(13)14;1-20-6-3-2-5(7(8(6)12)11(18)19)17-4-15-10(16-17)9(13)14;1-19-8-3-2-7(6(4-18)9(8)12)17-5-15-11(16-17)10(13)14;1-13-5-3-2-4(10)6(7(5)9)8(11)12;1-10-7-3-2-5(9)4-6(7)8/h2-7,9,16H,8H2,1H3;2-3,5,10H,4H2,1H3;2-3,5,10H,4,15H2,1H3;2-4,9H,1H3,(H,18,19);2-3,5,10,18H,4H2,1H3;2-3H,1H3,(H,11,12);2-4H,1H3. The van der Waals surface area contributed by atoms with Gasteiger partial charge in [-0.15, -0.1) is 37.1 Å².